The van der Waals surface area contributed by atoms with Crippen molar-refractivity contribution in [3.63, 3.8) is 0 Å². The number of anilines is 1. The summed E-state index contributed by atoms with van der Waals surface area (Å²) in [7, 11) is -0.213. The molecule has 27 heavy (non-hydrogen) atoms. The number of piperidine rings is 1. The first-order chi connectivity index (χ1) is 12.9. The number of sulfonamides is 1. The Morgan fingerprint density at radius 3 is 2.48 bits per heavy atom. The van der Waals surface area contributed by atoms with Crippen molar-refractivity contribution >= 4 is 15.8 Å². The molecule has 0 aliphatic carbocycles. The molecule has 0 amide bonds. The molecule has 1 aromatic carbocycles. The smallest absolute Gasteiger partial charge is 0.243 e. The van der Waals surface area contributed by atoms with Crippen LogP contribution in [-0.2, 0) is 16.6 Å². The second-order valence-corrected chi connectivity index (χ2v) is 8.99. The van der Waals surface area contributed by atoms with E-state index < -0.39 is 10.0 Å². The molecule has 1 fully saturated rings. The molecule has 1 aliphatic rings. The van der Waals surface area contributed by atoms with Crippen molar-refractivity contribution in [3.8, 4) is 0 Å². The van der Waals surface area contributed by atoms with Crippen LogP contribution in [0, 0.1) is 6.92 Å². The lowest BCUT2D eigenvalue weighted by Gasteiger charge is -2.23. The highest BCUT2D eigenvalue weighted by Crippen LogP contribution is 2.25. The van der Waals surface area contributed by atoms with E-state index in [1.807, 2.05) is 20.0 Å². The van der Waals surface area contributed by atoms with E-state index in [0.29, 0.717) is 11.7 Å². The maximum atomic E-state index is 12.8. The summed E-state index contributed by atoms with van der Waals surface area (Å²) in [5, 5.41) is 6.42. The summed E-state index contributed by atoms with van der Waals surface area (Å²) >= 11 is 0. The highest BCUT2D eigenvalue weighted by atomic mass is 32.2. The van der Waals surface area contributed by atoms with Gasteiger partial charge in [-0.3, -0.25) is 0 Å². The molecule has 7 nitrogen and oxygen atoms in total. The van der Waals surface area contributed by atoms with Crippen LogP contribution in [0.25, 0.3) is 0 Å². The zero-order valence-electron chi connectivity index (χ0n) is 16.1. The van der Waals surface area contributed by atoms with Gasteiger partial charge in [0.25, 0.3) is 0 Å². The van der Waals surface area contributed by atoms with Crippen LogP contribution in [-0.4, -0.2) is 49.9 Å². The van der Waals surface area contributed by atoms with Gasteiger partial charge < -0.3 is 10.6 Å². The lowest BCUT2D eigenvalue weighted by Crippen LogP contribution is -2.29. The molecule has 0 unspecified atom stereocenters. The fourth-order valence-corrected chi connectivity index (χ4v) is 4.34. The first-order valence-electron chi connectivity index (χ1n) is 9.19. The van der Waals surface area contributed by atoms with Gasteiger partial charge in [-0.05, 0) is 45.0 Å². The zero-order chi connectivity index (χ0) is 19.4. The summed E-state index contributed by atoms with van der Waals surface area (Å²) in [5.74, 6) is 1.60. The Balaban J connectivity index is 1.84. The van der Waals surface area contributed by atoms with Crippen LogP contribution in [0.4, 0.5) is 5.82 Å². The topological polar surface area (TPSA) is 87.2 Å². The molecule has 0 bridgehead atoms. The van der Waals surface area contributed by atoms with Crippen LogP contribution in [0.2, 0.25) is 0 Å². The lowest BCUT2D eigenvalue weighted by atomic mass is 9.94. The number of benzene rings is 1. The summed E-state index contributed by atoms with van der Waals surface area (Å²) in [6.07, 6.45) is 2.05. The monoisotopic (exact) mass is 389 g/mol. The minimum atomic E-state index is -3.59. The third-order valence-corrected chi connectivity index (χ3v) is 6.72. The molecule has 1 aromatic heterocycles. The summed E-state index contributed by atoms with van der Waals surface area (Å²) in [6.45, 7) is 4.00. The molecule has 0 radical (unpaired) electrons. The third kappa shape index (κ3) is 4.63. The van der Waals surface area contributed by atoms with Crippen molar-refractivity contribution in [2.45, 2.75) is 37.1 Å². The summed E-state index contributed by atoms with van der Waals surface area (Å²) in [4.78, 5) is 9.42. The first-order valence-corrected chi connectivity index (χ1v) is 10.6. The number of nitrogens with one attached hydrogen (secondary N) is 2. The van der Waals surface area contributed by atoms with Gasteiger partial charge >= 0.3 is 0 Å². The van der Waals surface area contributed by atoms with Gasteiger partial charge in [0, 0.05) is 31.8 Å². The first kappa shape index (κ1) is 19.7. The average molecular weight is 390 g/mol. The van der Waals surface area contributed by atoms with Gasteiger partial charge in [0.1, 0.15) is 11.6 Å². The number of rotatable bonds is 6. The van der Waals surface area contributed by atoms with E-state index in [-0.39, 0.29) is 11.4 Å². The minimum Gasteiger partial charge on any atom is -0.373 e. The van der Waals surface area contributed by atoms with Gasteiger partial charge in [-0.25, -0.2) is 18.4 Å². The van der Waals surface area contributed by atoms with Crippen molar-refractivity contribution in [2.75, 3.05) is 32.5 Å². The molecule has 0 spiro atoms. The quantitative estimate of drug-likeness (QED) is 0.787. The van der Waals surface area contributed by atoms with Crippen molar-refractivity contribution in [1.82, 2.24) is 19.6 Å². The van der Waals surface area contributed by atoms with Crippen LogP contribution in [0.15, 0.2) is 35.2 Å². The summed E-state index contributed by atoms with van der Waals surface area (Å²) < 4.78 is 27.0. The molecule has 2 N–H and O–H groups in total. The number of hydrogen-bond acceptors (Lipinski definition) is 6. The van der Waals surface area contributed by atoms with Gasteiger partial charge in [-0.2, -0.15) is 4.31 Å². The van der Waals surface area contributed by atoms with Crippen molar-refractivity contribution in [3.05, 3.63) is 47.4 Å². The molecular formula is C19H27N5O2S. The maximum Gasteiger partial charge on any atom is 0.243 e. The van der Waals surface area contributed by atoms with E-state index >= 15 is 0 Å². The van der Waals surface area contributed by atoms with Gasteiger partial charge in [0.2, 0.25) is 10.0 Å². The molecule has 1 aliphatic heterocycles. The molecule has 2 heterocycles. The zero-order valence-corrected chi connectivity index (χ0v) is 16.9. The molecule has 146 valence electrons. The van der Waals surface area contributed by atoms with Crippen LogP contribution in [0.5, 0.6) is 0 Å². The largest absolute Gasteiger partial charge is 0.373 e. The molecule has 0 atom stereocenters. The van der Waals surface area contributed by atoms with Gasteiger partial charge in [-0.15, -0.1) is 0 Å². The number of aromatic nitrogens is 2. The van der Waals surface area contributed by atoms with E-state index in [9.17, 15) is 8.42 Å². The van der Waals surface area contributed by atoms with E-state index in [4.69, 9.17) is 0 Å². The third-order valence-electron chi connectivity index (χ3n) is 4.90. The number of hydrogen-bond donors (Lipinski definition) is 2. The second kappa shape index (κ2) is 8.33. The van der Waals surface area contributed by atoms with Gasteiger partial charge in [-0.1, -0.05) is 17.7 Å². The van der Waals surface area contributed by atoms with Crippen LogP contribution >= 0.6 is 0 Å². The molecule has 0 saturated carbocycles. The molecule has 2 aromatic rings. The Morgan fingerprint density at radius 2 is 1.85 bits per heavy atom. The summed E-state index contributed by atoms with van der Waals surface area (Å²) in [5.41, 5.74) is 2.00. The highest BCUT2D eigenvalue weighted by molar-refractivity contribution is 7.89. The molecule has 3 rings (SSSR count). The normalized spacial score (nSPS) is 15.9. The van der Waals surface area contributed by atoms with Crippen molar-refractivity contribution < 1.29 is 8.42 Å². The highest BCUT2D eigenvalue weighted by Gasteiger charge is 2.23. The molecular weight excluding hydrogens is 362 g/mol. The SMILES string of the molecule is CNc1cc(C2CCNCC2)nc(CN(C)S(=O)(=O)c2ccc(C)cc2)n1. The second-order valence-electron chi connectivity index (χ2n) is 6.94. The van der Waals surface area contributed by atoms with E-state index in [2.05, 4.69) is 20.6 Å². The Hall–Kier alpha value is -2.03. The Kier molecular flexibility index (Phi) is 6.08. The summed E-state index contributed by atoms with van der Waals surface area (Å²) in [6, 6.07) is 8.83. The predicted octanol–water partition coefficient (Wildman–Crippen LogP) is 2.11. The maximum absolute atomic E-state index is 12.8. The lowest BCUT2D eigenvalue weighted by molar-refractivity contribution is 0.440. The molecule has 1 saturated heterocycles. The number of aryl methyl sites for hydroxylation is 1. The van der Waals surface area contributed by atoms with Crippen molar-refractivity contribution in [1.29, 1.82) is 0 Å². The van der Waals surface area contributed by atoms with Crippen LogP contribution < -0.4 is 10.6 Å². The Bertz CT molecular complexity index is 877. The number of nitrogens with zero attached hydrogens (tertiary/aromatic N) is 3. The minimum absolute atomic E-state index is 0.129. The fourth-order valence-electron chi connectivity index (χ4n) is 3.22. The van der Waals surface area contributed by atoms with Crippen LogP contribution in [0.3, 0.4) is 0 Å². The van der Waals surface area contributed by atoms with Gasteiger partial charge in [0.15, 0.2) is 0 Å². The van der Waals surface area contributed by atoms with E-state index in [1.165, 1.54) is 4.31 Å². The van der Waals surface area contributed by atoms with Crippen LogP contribution in [0.1, 0.15) is 35.8 Å². The predicted molar refractivity (Wildman–Crippen MR) is 106 cm³/mol. The van der Waals surface area contributed by atoms with E-state index in [0.717, 1.165) is 43.0 Å². The molecule has 8 heteroatoms. The standard InChI is InChI=1S/C19H27N5O2S/c1-14-4-6-16(7-5-14)27(25,26)24(3)13-19-22-17(12-18(20-2)23-19)15-8-10-21-11-9-15/h4-7,12,15,21H,8-11,13H2,1-3H3,(H,20,22,23). The average Bonchev–Trinajstić information content (AvgIpc) is 2.68. The van der Waals surface area contributed by atoms with Gasteiger partial charge in [0.05, 0.1) is 11.4 Å². The van der Waals surface area contributed by atoms with Crippen molar-refractivity contribution in [2.24, 2.45) is 0 Å². The Labute approximate surface area is 161 Å². The van der Waals surface area contributed by atoms with E-state index in [1.54, 1.807) is 31.3 Å². The fraction of sp³-hybridized carbons (Fsp3) is 0.474. The Morgan fingerprint density at radius 1 is 1.19 bits per heavy atom.